The van der Waals surface area contributed by atoms with Crippen molar-refractivity contribution in [2.75, 3.05) is 11.9 Å². The summed E-state index contributed by atoms with van der Waals surface area (Å²) in [4.78, 5) is 38.2. The molecule has 0 saturated carbocycles. The molecule has 0 atom stereocenters. The summed E-state index contributed by atoms with van der Waals surface area (Å²) in [6.45, 7) is -1.30. The van der Waals surface area contributed by atoms with Crippen molar-refractivity contribution in [3.63, 3.8) is 0 Å². The van der Waals surface area contributed by atoms with Crippen LogP contribution < -0.4 is 10.1 Å². The molecule has 2 amide bonds. The Kier molecular flexibility index (Phi) is 5.70. The lowest BCUT2D eigenvalue weighted by atomic mass is 10.1. The van der Waals surface area contributed by atoms with Crippen LogP contribution in [0.25, 0.3) is 0 Å². The van der Waals surface area contributed by atoms with Crippen molar-refractivity contribution in [2.45, 2.75) is 19.3 Å². The van der Waals surface area contributed by atoms with Crippen molar-refractivity contribution in [3.05, 3.63) is 64.6 Å². The van der Waals surface area contributed by atoms with Crippen LogP contribution in [0.5, 0.6) is 5.88 Å². The van der Waals surface area contributed by atoms with Crippen LogP contribution in [0, 0.1) is 0 Å². The van der Waals surface area contributed by atoms with Crippen LogP contribution in [0.1, 0.15) is 32.0 Å². The molecule has 0 saturated heterocycles. The van der Waals surface area contributed by atoms with Crippen LogP contribution in [0.4, 0.5) is 19.0 Å². The number of amides is 2. The minimum atomic E-state index is -4.52. The summed E-state index contributed by atoms with van der Waals surface area (Å²) in [6.07, 6.45) is 0.436. The number of aromatic nitrogens is 3. The van der Waals surface area contributed by atoms with Gasteiger partial charge in [0.15, 0.2) is 18.7 Å². The predicted octanol–water partition coefficient (Wildman–Crippen LogP) is 3.47. The van der Waals surface area contributed by atoms with E-state index >= 15 is 0 Å². The van der Waals surface area contributed by atoms with Gasteiger partial charge in [-0.05, 0) is 17.7 Å². The minimum absolute atomic E-state index is 0.0548. The Morgan fingerprint density at radius 1 is 1.31 bits per heavy atom. The van der Waals surface area contributed by atoms with Crippen molar-refractivity contribution in [1.82, 2.24) is 19.9 Å². The molecular weight excluding hydrogens is 455 g/mol. The van der Waals surface area contributed by atoms with Gasteiger partial charge >= 0.3 is 6.18 Å². The molecule has 0 aromatic carbocycles. The monoisotopic (exact) mass is 467 g/mol. The fourth-order valence-electron chi connectivity index (χ4n) is 3.05. The maximum atomic E-state index is 12.8. The summed E-state index contributed by atoms with van der Waals surface area (Å²) in [5, 5.41) is 2.49. The molecule has 4 heterocycles. The molecule has 0 unspecified atom stereocenters. The van der Waals surface area contributed by atoms with Crippen LogP contribution in [-0.4, -0.2) is 44.4 Å². The molecule has 4 rings (SSSR count). The van der Waals surface area contributed by atoms with Crippen LogP contribution in [0.15, 0.2) is 41.6 Å². The molecule has 32 heavy (non-hydrogen) atoms. The van der Waals surface area contributed by atoms with Crippen molar-refractivity contribution in [3.8, 4) is 5.88 Å². The van der Waals surface area contributed by atoms with Gasteiger partial charge in [0.1, 0.15) is 17.1 Å². The Bertz CT molecular complexity index is 1170. The Balaban J connectivity index is 1.47. The zero-order valence-corrected chi connectivity index (χ0v) is 16.8. The van der Waals surface area contributed by atoms with E-state index in [1.165, 1.54) is 35.7 Å². The van der Waals surface area contributed by atoms with E-state index in [1.807, 2.05) is 0 Å². The van der Waals surface area contributed by atoms with Gasteiger partial charge < -0.3 is 19.4 Å². The number of carbonyl (C=O) groups excluding carboxylic acids is 2. The predicted molar refractivity (Wildman–Crippen MR) is 103 cm³/mol. The number of ether oxygens (including phenoxy) is 1. The van der Waals surface area contributed by atoms with Gasteiger partial charge in [-0.1, -0.05) is 11.6 Å². The van der Waals surface area contributed by atoms with E-state index in [1.54, 1.807) is 0 Å². The van der Waals surface area contributed by atoms with E-state index in [4.69, 9.17) is 16.0 Å². The number of hydrogen-bond acceptors (Lipinski definition) is 7. The first-order valence-corrected chi connectivity index (χ1v) is 9.40. The summed E-state index contributed by atoms with van der Waals surface area (Å²) in [7, 11) is 0. The molecule has 9 nitrogen and oxygen atoms in total. The fraction of sp³-hybridized carbons (Fsp3) is 0.211. The number of oxazole rings is 1. The summed E-state index contributed by atoms with van der Waals surface area (Å²) in [6, 6.07) is 2.91. The standard InChI is InChI=1S/C19H13ClF3N5O4/c20-13-3-10(4-25-17(13)32-8-19(21,22)23)5-28-6-12-11(18(28)30)1-2-24-15(12)27-16(29)14-7-31-9-26-14/h1-4,7,9H,5-6,8H2,(H,24,27,29). The van der Waals surface area contributed by atoms with Gasteiger partial charge in [0.2, 0.25) is 5.88 Å². The highest BCUT2D eigenvalue weighted by atomic mass is 35.5. The van der Waals surface area contributed by atoms with E-state index in [9.17, 15) is 22.8 Å². The molecule has 166 valence electrons. The molecule has 0 radical (unpaired) electrons. The molecule has 3 aromatic heterocycles. The largest absolute Gasteiger partial charge is 0.467 e. The summed E-state index contributed by atoms with van der Waals surface area (Å²) < 4.78 is 46.3. The first-order chi connectivity index (χ1) is 15.2. The van der Waals surface area contributed by atoms with Gasteiger partial charge in [-0.15, -0.1) is 0 Å². The van der Waals surface area contributed by atoms with Crippen LogP contribution in [0.2, 0.25) is 5.02 Å². The average molecular weight is 468 g/mol. The quantitative estimate of drug-likeness (QED) is 0.591. The normalized spacial score (nSPS) is 13.2. The Labute approximate surface area is 183 Å². The molecule has 13 heteroatoms. The van der Waals surface area contributed by atoms with Crippen molar-refractivity contribution < 1.29 is 31.9 Å². The fourth-order valence-corrected chi connectivity index (χ4v) is 3.29. The van der Waals surface area contributed by atoms with Crippen molar-refractivity contribution in [2.24, 2.45) is 0 Å². The molecule has 0 spiro atoms. The van der Waals surface area contributed by atoms with Crippen LogP contribution in [-0.2, 0) is 13.1 Å². The summed E-state index contributed by atoms with van der Waals surface area (Å²) in [5.74, 6) is -1.01. The van der Waals surface area contributed by atoms with Crippen LogP contribution >= 0.6 is 11.6 Å². The van der Waals surface area contributed by atoms with E-state index < -0.39 is 18.7 Å². The highest BCUT2D eigenvalue weighted by molar-refractivity contribution is 6.31. The first-order valence-electron chi connectivity index (χ1n) is 9.02. The SMILES string of the molecule is O=C(Nc1nccc2c1CN(Cc1cnc(OCC(F)(F)F)c(Cl)c1)C2=O)c1cocn1. The number of rotatable bonds is 6. The van der Waals surface area contributed by atoms with E-state index in [2.05, 4.69) is 25.0 Å². The topological polar surface area (TPSA) is 110 Å². The molecule has 0 fully saturated rings. The maximum Gasteiger partial charge on any atom is 0.422 e. The third kappa shape index (κ3) is 4.64. The number of nitrogens with one attached hydrogen (secondary N) is 1. The van der Waals surface area contributed by atoms with Gasteiger partial charge in [0.05, 0.1) is 6.54 Å². The zero-order chi connectivity index (χ0) is 22.9. The Morgan fingerprint density at radius 2 is 2.12 bits per heavy atom. The second kappa shape index (κ2) is 8.46. The number of nitrogens with zero attached hydrogens (tertiary/aromatic N) is 4. The van der Waals surface area contributed by atoms with E-state index in [0.717, 1.165) is 6.39 Å². The zero-order valence-electron chi connectivity index (χ0n) is 16.0. The number of carbonyl (C=O) groups is 2. The summed E-state index contributed by atoms with van der Waals surface area (Å²) in [5.41, 5.74) is 1.41. The highest BCUT2D eigenvalue weighted by Gasteiger charge is 2.31. The minimum Gasteiger partial charge on any atom is -0.467 e. The number of alkyl halides is 3. The molecular formula is C19H13ClF3N5O4. The summed E-state index contributed by atoms with van der Waals surface area (Å²) >= 11 is 5.97. The number of anilines is 1. The molecule has 1 N–H and O–H groups in total. The number of pyridine rings is 2. The van der Waals surface area contributed by atoms with Crippen molar-refractivity contribution >= 4 is 29.2 Å². The Morgan fingerprint density at radius 3 is 2.81 bits per heavy atom. The van der Waals surface area contributed by atoms with Gasteiger partial charge in [-0.2, -0.15) is 13.2 Å². The third-order valence-electron chi connectivity index (χ3n) is 4.43. The molecule has 3 aromatic rings. The smallest absolute Gasteiger partial charge is 0.422 e. The first kappa shape index (κ1) is 21.6. The molecule has 1 aliphatic rings. The van der Waals surface area contributed by atoms with E-state index in [0.29, 0.717) is 16.7 Å². The number of fused-ring (bicyclic) bond motifs is 1. The second-order valence-electron chi connectivity index (χ2n) is 6.71. The maximum absolute atomic E-state index is 12.8. The van der Waals surface area contributed by atoms with Gasteiger partial charge in [0, 0.05) is 30.1 Å². The lowest BCUT2D eigenvalue weighted by Gasteiger charge is -2.16. The highest BCUT2D eigenvalue weighted by Crippen LogP contribution is 2.30. The lowest BCUT2D eigenvalue weighted by molar-refractivity contribution is -0.154. The molecule has 0 aliphatic carbocycles. The lowest BCUT2D eigenvalue weighted by Crippen LogP contribution is -2.23. The van der Waals surface area contributed by atoms with Crippen LogP contribution in [0.3, 0.4) is 0 Å². The third-order valence-corrected chi connectivity index (χ3v) is 4.70. The van der Waals surface area contributed by atoms with Gasteiger partial charge in [0.25, 0.3) is 11.8 Å². The second-order valence-corrected chi connectivity index (χ2v) is 7.12. The van der Waals surface area contributed by atoms with Gasteiger partial charge in [-0.3, -0.25) is 9.59 Å². The van der Waals surface area contributed by atoms with Gasteiger partial charge in [-0.25, -0.2) is 15.0 Å². The molecule has 0 bridgehead atoms. The Hall–Kier alpha value is -3.67. The van der Waals surface area contributed by atoms with Crippen molar-refractivity contribution in [1.29, 1.82) is 0 Å². The van der Waals surface area contributed by atoms with E-state index in [-0.39, 0.29) is 41.4 Å². The number of halogens is 4. The molecule has 1 aliphatic heterocycles. The average Bonchev–Trinajstić information content (AvgIpc) is 3.37. The number of hydrogen-bond donors (Lipinski definition) is 1.